The molecule has 0 atom stereocenters. The number of carbonyl (C=O) groups excluding carboxylic acids is 1. The highest BCUT2D eigenvalue weighted by molar-refractivity contribution is 5.67. The van der Waals surface area contributed by atoms with Crippen LogP contribution >= 0.6 is 0 Å². The highest BCUT2D eigenvalue weighted by Crippen LogP contribution is 2.16. The molecule has 1 fully saturated rings. The van der Waals surface area contributed by atoms with E-state index in [2.05, 4.69) is 10.2 Å². The van der Waals surface area contributed by atoms with Gasteiger partial charge in [0.05, 0.1) is 0 Å². The molecule has 0 aliphatic carbocycles. The Morgan fingerprint density at radius 1 is 1.30 bits per heavy atom. The number of hydrogen-bond acceptors (Lipinski definition) is 3. The van der Waals surface area contributed by atoms with E-state index < -0.39 is 11.7 Å². The van der Waals surface area contributed by atoms with E-state index in [1.54, 1.807) is 6.07 Å². The molecule has 1 aromatic carbocycles. The summed E-state index contributed by atoms with van der Waals surface area (Å²) in [5, 5.41) is 2.65. The van der Waals surface area contributed by atoms with Gasteiger partial charge in [-0.25, -0.2) is 9.18 Å². The van der Waals surface area contributed by atoms with Crippen molar-refractivity contribution in [3.05, 3.63) is 35.1 Å². The molecule has 0 spiro atoms. The topological polar surface area (TPSA) is 41.6 Å². The number of ether oxygens (including phenoxy) is 1. The first kappa shape index (κ1) is 17.7. The molecule has 1 aliphatic heterocycles. The lowest BCUT2D eigenvalue weighted by molar-refractivity contribution is 0.0528. The molecule has 5 heteroatoms. The molecule has 1 amide bonds. The molecule has 1 N–H and O–H groups in total. The summed E-state index contributed by atoms with van der Waals surface area (Å²) in [6.07, 6.45) is 2.45. The van der Waals surface area contributed by atoms with E-state index in [0.29, 0.717) is 18.5 Å². The number of rotatable bonds is 5. The van der Waals surface area contributed by atoms with E-state index in [1.807, 2.05) is 32.9 Å². The van der Waals surface area contributed by atoms with E-state index >= 15 is 0 Å². The molecule has 0 bridgehead atoms. The van der Waals surface area contributed by atoms with E-state index in [-0.39, 0.29) is 5.82 Å². The van der Waals surface area contributed by atoms with Crippen LogP contribution < -0.4 is 5.32 Å². The van der Waals surface area contributed by atoms with E-state index in [4.69, 9.17) is 4.74 Å². The van der Waals surface area contributed by atoms with Crippen LogP contribution in [0.2, 0.25) is 0 Å². The maximum Gasteiger partial charge on any atom is 0.407 e. The molecule has 1 saturated heterocycles. The Labute approximate surface area is 138 Å². The first-order valence-electron chi connectivity index (χ1n) is 8.30. The molecule has 23 heavy (non-hydrogen) atoms. The summed E-state index contributed by atoms with van der Waals surface area (Å²) in [6.45, 7) is 8.80. The molecule has 1 aliphatic rings. The predicted octanol–water partition coefficient (Wildman–Crippen LogP) is 3.49. The second-order valence-corrected chi connectivity index (χ2v) is 7.09. The molecule has 1 heterocycles. The van der Waals surface area contributed by atoms with Gasteiger partial charge < -0.3 is 10.1 Å². The monoisotopic (exact) mass is 322 g/mol. The minimum atomic E-state index is -0.521. The van der Waals surface area contributed by atoms with Crippen molar-refractivity contribution >= 4 is 6.09 Å². The van der Waals surface area contributed by atoms with Gasteiger partial charge in [-0.3, -0.25) is 4.90 Å². The summed E-state index contributed by atoms with van der Waals surface area (Å²) in [6, 6.07) is 5.41. The molecule has 0 aromatic heterocycles. The van der Waals surface area contributed by atoms with Crippen molar-refractivity contribution < 1.29 is 13.9 Å². The third-order valence-electron chi connectivity index (χ3n) is 3.78. The van der Waals surface area contributed by atoms with Gasteiger partial charge in [-0.2, -0.15) is 0 Å². The van der Waals surface area contributed by atoms with Gasteiger partial charge in [0.1, 0.15) is 11.4 Å². The van der Waals surface area contributed by atoms with Gasteiger partial charge in [-0.1, -0.05) is 12.1 Å². The van der Waals surface area contributed by atoms with Gasteiger partial charge in [0, 0.05) is 13.1 Å². The van der Waals surface area contributed by atoms with Crippen molar-refractivity contribution in [2.24, 2.45) is 0 Å². The molecule has 4 nitrogen and oxygen atoms in total. The van der Waals surface area contributed by atoms with Gasteiger partial charge in [-0.05, 0) is 70.3 Å². The average molecular weight is 322 g/mol. The zero-order valence-corrected chi connectivity index (χ0v) is 14.3. The molecule has 0 radical (unpaired) electrons. The second kappa shape index (κ2) is 7.77. The van der Waals surface area contributed by atoms with Gasteiger partial charge >= 0.3 is 6.09 Å². The molecule has 128 valence electrons. The molecule has 0 unspecified atom stereocenters. The molecule has 2 rings (SSSR count). The lowest BCUT2D eigenvalue weighted by atomic mass is 10.1. The maximum absolute atomic E-state index is 14.2. The van der Waals surface area contributed by atoms with Crippen LogP contribution in [0, 0.1) is 5.82 Å². The normalized spacial score (nSPS) is 15.7. The lowest BCUT2D eigenvalue weighted by Crippen LogP contribution is -2.33. The highest BCUT2D eigenvalue weighted by atomic mass is 19.1. The first-order valence-corrected chi connectivity index (χ1v) is 8.30. The number of benzene rings is 1. The number of likely N-dealkylation sites (tertiary alicyclic amines) is 1. The molecular weight excluding hydrogens is 295 g/mol. The van der Waals surface area contributed by atoms with Gasteiger partial charge in [0.25, 0.3) is 0 Å². The van der Waals surface area contributed by atoms with Crippen LogP contribution in [0.5, 0.6) is 0 Å². The van der Waals surface area contributed by atoms with E-state index in [0.717, 1.165) is 25.2 Å². The van der Waals surface area contributed by atoms with Crippen LogP contribution in [0.4, 0.5) is 9.18 Å². The fraction of sp³-hybridized carbons (Fsp3) is 0.611. The quantitative estimate of drug-likeness (QED) is 0.902. The summed E-state index contributed by atoms with van der Waals surface area (Å²) in [4.78, 5) is 13.9. The number of alkyl carbamates (subject to hydrolysis) is 1. The van der Waals surface area contributed by atoms with Crippen molar-refractivity contribution in [1.82, 2.24) is 10.2 Å². The zero-order valence-electron chi connectivity index (χ0n) is 14.3. The smallest absolute Gasteiger partial charge is 0.407 e. The Morgan fingerprint density at radius 2 is 2.00 bits per heavy atom. The van der Waals surface area contributed by atoms with Crippen LogP contribution in [0.1, 0.15) is 44.7 Å². The Hall–Kier alpha value is -1.62. The Kier molecular flexibility index (Phi) is 5.99. The number of nitrogens with one attached hydrogen (secondary N) is 1. The third kappa shape index (κ3) is 6.18. The average Bonchev–Trinajstić information content (AvgIpc) is 2.92. The minimum Gasteiger partial charge on any atom is -0.444 e. The van der Waals surface area contributed by atoms with Crippen LogP contribution in [0.3, 0.4) is 0 Å². The number of nitrogens with zero attached hydrogens (tertiary/aromatic N) is 1. The molecule has 0 saturated carbocycles. The summed E-state index contributed by atoms with van der Waals surface area (Å²) >= 11 is 0. The van der Waals surface area contributed by atoms with Crippen molar-refractivity contribution in [1.29, 1.82) is 0 Å². The highest BCUT2D eigenvalue weighted by Gasteiger charge is 2.16. The standard InChI is InChI=1S/C18H27FN2O2/c1-18(2,3)23-17(22)20-9-8-15-7-6-14(12-16(15)19)13-21-10-4-5-11-21/h6-7,12H,4-5,8-11,13H2,1-3H3,(H,20,22). The van der Waals surface area contributed by atoms with E-state index in [1.165, 1.54) is 12.8 Å². The largest absolute Gasteiger partial charge is 0.444 e. The summed E-state index contributed by atoms with van der Waals surface area (Å²) in [5.41, 5.74) is 1.10. The Balaban J connectivity index is 1.80. The second-order valence-electron chi connectivity index (χ2n) is 7.09. The molecular formula is C18H27FN2O2. The summed E-state index contributed by atoms with van der Waals surface area (Å²) in [5.74, 6) is -0.201. The Bertz CT molecular complexity index is 534. The van der Waals surface area contributed by atoms with Crippen LogP contribution in [0.25, 0.3) is 0 Å². The van der Waals surface area contributed by atoms with E-state index in [9.17, 15) is 9.18 Å². The first-order chi connectivity index (χ1) is 10.8. The Morgan fingerprint density at radius 3 is 2.61 bits per heavy atom. The fourth-order valence-corrected chi connectivity index (χ4v) is 2.70. The van der Waals surface area contributed by atoms with Crippen LogP contribution in [-0.4, -0.2) is 36.2 Å². The van der Waals surface area contributed by atoms with Crippen molar-refractivity contribution in [3.63, 3.8) is 0 Å². The number of halogens is 1. The van der Waals surface area contributed by atoms with Crippen molar-refractivity contribution in [2.75, 3.05) is 19.6 Å². The SMILES string of the molecule is CC(C)(C)OC(=O)NCCc1ccc(CN2CCCC2)cc1F. The number of hydrogen-bond donors (Lipinski definition) is 1. The zero-order chi connectivity index (χ0) is 16.9. The number of carbonyl (C=O) groups is 1. The van der Waals surface area contributed by atoms with Gasteiger partial charge in [0.2, 0.25) is 0 Å². The van der Waals surface area contributed by atoms with Gasteiger partial charge in [0.15, 0.2) is 0 Å². The predicted molar refractivity (Wildman–Crippen MR) is 88.9 cm³/mol. The van der Waals surface area contributed by atoms with Crippen LogP contribution in [0.15, 0.2) is 18.2 Å². The van der Waals surface area contributed by atoms with Gasteiger partial charge in [-0.15, -0.1) is 0 Å². The minimum absolute atomic E-state index is 0.201. The third-order valence-corrected chi connectivity index (χ3v) is 3.78. The number of amides is 1. The molecule has 1 aromatic rings. The van der Waals surface area contributed by atoms with Crippen molar-refractivity contribution in [3.8, 4) is 0 Å². The van der Waals surface area contributed by atoms with Crippen LogP contribution in [-0.2, 0) is 17.7 Å². The fourth-order valence-electron chi connectivity index (χ4n) is 2.70. The lowest BCUT2D eigenvalue weighted by Gasteiger charge is -2.19. The summed E-state index contributed by atoms with van der Waals surface area (Å²) < 4.78 is 19.3. The summed E-state index contributed by atoms with van der Waals surface area (Å²) in [7, 11) is 0. The van der Waals surface area contributed by atoms with Crippen molar-refractivity contribution in [2.45, 2.75) is 52.2 Å². The maximum atomic E-state index is 14.2.